The summed E-state index contributed by atoms with van der Waals surface area (Å²) in [5, 5.41) is 2.40. The zero-order valence-corrected chi connectivity index (χ0v) is 13.1. The van der Waals surface area contributed by atoms with Crippen LogP contribution in [0.15, 0.2) is 12.2 Å². The molecule has 0 spiro atoms. The SMILES string of the molecule is CC.CC(C)(C)/C=C/CCCC1CCC(=O)NC1=O. The van der Waals surface area contributed by atoms with Crippen molar-refractivity contribution in [1.82, 2.24) is 5.32 Å². The molecular weight excluding hydrogens is 238 g/mol. The quantitative estimate of drug-likeness (QED) is 0.478. The summed E-state index contributed by atoms with van der Waals surface area (Å²) in [5.74, 6) is -0.171. The molecule has 1 saturated heterocycles. The van der Waals surface area contributed by atoms with E-state index in [9.17, 15) is 9.59 Å². The van der Waals surface area contributed by atoms with Gasteiger partial charge >= 0.3 is 0 Å². The molecule has 2 amide bonds. The molecule has 1 fully saturated rings. The molecule has 1 aliphatic heterocycles. The van der Waals surface area contributed by atoms with E-state index in [0.29, 0.717) is 12.8 Å². The van der Waals surface area contributed by atoms with Crippen LogP contribution in [0.2, 0.25) is 0 Å². The van der Waals surface area contributed by atoms with Crippen molar-refractivity contribution in [1.29, 1.82) is 0 Å². The lowest BCUT2D eigenvalue weighted by molar-refractivity contribution is -0.136. The van der Waals surface area contributed by atoms with Crippen molar-refractivity contribution in [3.05, 3.63) is 12.2 Å². The zero-order valence-electron chi connectivity index (χ0n) is 13.1. The Bertz CT molecular complexity index is 313. The molecule has 1 atom stereocenters. The number of carbonyl (C=O) groups excluding carboxylic acids is 2. The molecule has 1 unspecified atom stereocenters. The topological polar surface area (TPSA) is 46.2 Å². The predicted octanol–water partition coefficient (Wildman–Crippen LogP) is 3.84. The van der Waals surface area contributed by atoms with Crippen LogP contribution in [-0.4, -0.2) is 11.8 Å². The number of unbranched alkanes of at least 4 members (excludes halogenated alkanes) is 1. The Labute approximate surface area is 117 Å². The number of carbonyl (C=O) groups is 2. The fourth-order valence-corrected chi connectivity index (χ4v) is 1.93. The average molecular weight is 267 g/mol. The molecule has 0 radical (unpaired) electrons. The van der Waals surface area contributed by atoms with Crippen molar-refractivity contribution in [2.75, 3.05) is 0 Å². The summed E-state index contributed by atoms with van der Waals surface area (Å²) >= 11 is 0. The fourth-order valence-electron chi connectivity index (χ4n) is 1.93. The summed E-state index contributed by atoms with van der Waals surface area (Å²) in [5.41, 5.74) is 0.231. The lowest BCUT2D eigenvalue weighted by Crippen LogP contribution is -2.40. The first-order valence-electron chi connectivity index (χ1n) is 7.40. The Morgan fingerprint density at radius 3 is 2.42 bits per heavy atom. The first kappa shape index (κ1) is 17.9. The maximum atomic E-state index is 11.5. The van der Waals surface area contributed by atoms with E-state index in [-0.39, 0.29) is 23.1 Å². The van der Waals surface area contributed by atoms with Gasteiger partial charge in [-0.15, -0.1) is 0 Å². The Balaban J connectivity index is 0.00000154. The molecule has 3 nitrogen and oxygen atoms in total. The van der Waals surface area contributed by atoms with Crippen LogP contribution >= 0.6 is 0 Å². The lowest BCUT2D eigenvalue weighted by atomic mass is 9.92. The molecule has 1 heterocycles. The van der Waals surface area contributed by atoms with Crippen molar-refractivity contribution in [2.45, 2.75) is 66.7 Å². The number of piperidine rings is 1. The highest BCUT2D eigenvalue weighted by Crippen LogP contribution is 2.20. The number of hydrogen-bond acceptors (Lipinski definition) is 2. The van der Waals surface area contributed by atoms with Gasteiger partial charge in [-0.1, -0.05) is 46.8 Å². The normalized spacial score (nSPS) is 19.9. The minimum absolute atomic E-state index is 0.0377. The average Bonchev–Trinajstić information content (AvgIpc) is 2.32. The van der Waals surface area contributed by atoms with Gasteiger partial charge in [-0.25, -0.2) is 0 Å². The molecule has 0 saturated carbocycles. The molecular formula is C16H29NO2. The van der Waals surface area contributed by atoms with E-state index in [4.69, 9.17) is 0 Å². The van der Waals surface area contributed by atoms with Crippen LogP contribution in [-0.2, 0) is 9.59 Å². The first-order chi connectivity index (χ1) is 8.88. The van der Waals surface area contributed by atoms with Crippen molar-refractivity contribution < 1.29 is 9.59 Å². The molecule has 0 aromatic heterocycles. The van der Waals surface area contributed by atoms with Gasteiger partial charge in [-0.05, 0) is 31.1 Å². The largest absolute Gasteiger partial charge is 0.296 e. The van der Waals surface area contributed by atoms with E-state index in [1.54, 1.807) is 0 Å². The maximum absolute atomic E-state index is 11.5. The Morgan fingerprint density at radius 2 is 1.89 bits per heavy atom. The minimum Gasteiger partial charge on any atom is -0.296 e. The molecule has 1 aliphatic rings. The molecule has 0 aromatic carbocycles. The summed E-state index contributed by atoms with van der Waals surface area (Å²) in [6.07, 6.45) is 8.51. The molecule has 1 rings (SSSR count). The standard InChI is InChI=1S/C14H23NO2.C2H6/c1-14(2,3)10-6-4-5-7-11-8-9-12(16)15-13(11)17;1-2/h6,10-11H,4-5,7-9H2,1-3H3,(H,15,16,17);1-2H3/b10-6+;. The summed E-state index contributed by atoms with van der Waals surface area (Å²) in [6.45, 7) is 10.5. The monoisotopic (exact) mass is 267 g/mol. The van der Waals surface area contributed by atoms with Crippen molar-refractivity contribution in [2.24, 2.45) is 11.3 Å². The van der Waals surface area contributed by atoms with Gasteiger partial charge in [0.1, 0.15) is 0 Å². The van der Waals surface area contributed by atoms with Gasteiger partial charge in [-0.2, -0.15) is 0 Å². The molecule has 3 heteroatoms. The number of rotatable bonds is 4. The first-order valence-corrected chi connectivity index (χ1v) is 7.40. The van der Waals surface area contributed by atoms with Crippen LogP contribution in [0.1, 0.15) is 66.7 Å². The summed E-state index contributed by atoms with van der Waals surface area (Å²) < 4.78 is 0. The van der Waals surface area contributed by atoms with Crippen LogP contribution in [0.25, 0.3) is 0 Å². The highest BCUT2D eigenvalue weighted by molar-refractivity contribution is 5.98. The summed E-state index contributed by atoms with van der Waals surface area (Å²) in [7, 11) is 0. The number of hydrogen-bond donors (Lipinski definition) is 1. The van der Waals surface area contributed by atoms with E-state index >= 15 is 0 Å². The van der Waals surface area contributed by atoms with Crippen molar-refractivity contribution in [3.8, 4) is 0 Å². The second kappa shape index (κ2) is 8.89. The molecule has 19 heavy (non-hydrogen) atoms. The smallest absolute Gasteiger partial charge is 0.229 e. The Kier molecular flexibility index (Phi) is 8.37. The molecule has 110 valence electrons. The molecule has 0 aromatic rings. The Morgan fingerprint density at radius 1 is 1.26 bits per heavy atom. The summed E-state index contributed by atoms with van der Waals surface area (Å²) in [4.78, 5) is 22.4. The maximum Gasteiger partial charge on any atom is 0.229 e. The minimum atomic E-state index is -0.126. The fraction of sp³-hybridized carbons (Fsp3) is 0.750. The Hall–Kier alpha value is -1.12. The van der Waals surface area contributed by atoms with Crippen molar-refractivity contribution >= 4 is 11.8 Å². The number of allylic oxidation sites excluding steroid dienone is 2. The third-order valence-corrected chi connectivity index (χ3v) is 2.89. The van der Waals surface area contributed by atoms with Gasteiger partial charge in [0.2, 0.25) is 11.8 Å². The van der Waals surface area contributed by atoms with Crippen LogP contribution in [0.3, 0.4) is 0 Å². The van der Waals surface area contributed by atoms with E-state index in [1.165, 1.54) is 0 Å². The third kappa shape index (κ3) is 8.57. The lowest BCUT2D eigenvalue weighted by Gasteiger charge is -2.20. The molecule has 1 N–H and O–H groups in total. The number of imide groups is 1. The highest BCUT2D eigenvalue weighted by atomic mass is 16.2. The highest BCUT2D eigenvalue weighted by Gasteiger charge is 2.25. The van der Waals surface area contributed by atoms with Gasteiger partial charge in [0.15, 0.2) is 0 Å². The van der Waals surface area contributed by atoms with Gasteiger partial charge in [-0.3, -0.25) is 14.9 Å². The van der Waals surface area contributed by atoms with E-state index in [0.717, 1.165) is 19.3 Å². The van der Waals surface area contributed by atoms with Crippen LogP contribution < -0.4 is 5.32 Å². The van der Waals surface area contributed by atoms with E-state index in [1.807, 2.05) is 13.8 Å². The second-order valence-corrected chi connectivity index (χ2v) is 5.85. The third-order valence-electron chi connectivity index (χ3n) is 2.89. The van der Waals surface area contributed by atoms with Gasteiger partial charge in [0.25, 0.3) is 0 Å². The van der Waals surface area contributed by atoms with Gasteiger partial charge < -0.3 is 0 Å². The van der Waals surface area contributed by atoms with Crippen LogP contribution in [0, 0.1) is 11.3 Å². The van der Waals surface area contributed by atoms with Gasteiger partial charge in [0.05, 0.1) is 0 Å². The number of amides is 2. The zero-order chi connectivity index (χ0) is 14.9. The second-order valence-electron chi connectivity index (χ2n) is 5.85. The summed E-state index contributed by atoms with van der Waals surface area (Å²) in [6, 6.07) is 0. The number of nitrogens with one attached hydrogen (secondary N) is 1. The van der Waals surface area contributed by atoms with E-state index < -0.39 is 0 Å². The molecule has 0 bridgehead atoms. The van der Waals surface area contributed by atoms with E-state index in [2.05, 4.69) is 38.2 Å². The van der Waals surface area contributed by atoms with Gasteiger partial charge in [0, 0.05) is 12.3 Å². The van der Waals surface area contributed by atoms with Crippen LogP contribution in [0.5, 0.6) is 0 Å². The van der Waals surface area contributed by atoms with Crippen molar-refractivity contribution in [3.63, 3.8) is 0 Å². The van der Waals surface area contributed by atoms with Crippen LogP contribution in [0.4, 0.5) is 0 Å². The molecule has 0 aliphatic carbocycles. The predicted molar refractivity (Wildman–Crippen MR) is 79.7 cm³/mol.